The van der Waals surface area contributed by atoms with Crippen molar-refractivity contribution in [2.75, 3.05) is 0 Å². The van der Waals surface area contributed by atoms with E-state index in [1.165, 1.54) is 6.07 Å². The third-order valence-corrected chi connectivity index (χ3v) is 4.75. The highest BCUT2D eigenvalue weighted by Crippen LogP contribution is 2.41. The highest BCUT2D eigenvalue weighted by Gasteiger charge is 2.49. The maximum Gasteiger partial charge on any atom is 0.502 e. The zero-order chi connectivity index (χ0) is 15.4. The normalized spacial score (nSPS) is 13.1. The van der Waals surface area contributed by atoms with Crippen LogP contribution in [0.5, 0.6) is 5.75 Å². The Hall–Kier alpha value is -2.22. The van der Waals surface area contributed by atoms with Gasteiger partial charge in [0, 0.05) is 16.3 Å². The van der Waals surface area contributed by atoms with Crippen LogP contribution in [0.15, 0.2) is 41.3 Å². The van der Waals surface area contributed by atoms with Crippen LogP contribution in [0.2, 0.25) is 0 Å². The number of aromatic nitrogens is 1. The molecule has 0 spiro atoms. The van der Waals surface area contributed by atoms with E-state index in [4.69, 9.17) is 0 Å². The topological polar surface area (TPSA) is 70.2 Å². The zero-order valence-corrected chi connectivity index (χ0v) is 11.1. The number of para-hydroxylation sites is 1. The number of benzene rings is 2. The van der Waals surface area contributed by atoms with Gasteiger partial charge < -0.3 is 10.1 Å². The fraction of sp³-hybridized carbons (Fsp3) is 0.0769. The molecule has 1 aromatic heterocycles. The Labute approximate surface area is 116 Å². The first-order valence-electron chi connectivity index (χ1n) is 5.77. The van der Waals surface area contributed by atoms with Crippen molar-refractivity contribution in [3.63, 3.8) is 0 Å². The molecule has 0 bridgehead atoms. The Morgan fingerprint density at radius 1 is 1.00 bits per heavy atom. The minimum atomic E-state index is -5.66. The molecular weight excluding hydrogens is 307 g/mol. The summed E-state index contributed by atoms with van der Waals surface area (Å²) < 4.78 is 61.6. The predicted octanol–water partition coefficient (Wildman–Crippen LogP) is 3.32. The summed E-state index contributed by atoms with van der Waals surface area (Å²) in [4.78, 5) is 1.48. The second-order valence-electron chi connectivity index (χ2n) is 4.46. The highest BCUT2D eigenvalue weighted by atomic mass is 32.2. The summed E-state index contributed by atoms with van der Waals surface area (Å²) in [7, 11) is -5.66. The van der Waals surface area contributed by atoms with E-state index in [9.17, 15) is 26.7 Å². The van der Waals surface area contributed by atoms with Crippen LogP contribution in [-0.2, 0) is 9.84 Å². The van der Waals surface area contributed by atoms with Gasteiger partial charge in [0.05, 0.1) is 5.52 Å². The number of nitrogens with one attached hydrogen (secondary N) is 1. The van der Waals surface area contributed by atoms with Crippen LogP contribution in [0.25, 0.3) is 21.8 Å². The highest BCUT2D eigenvalue weighted by molar-refractivity contribution is 7.92. The predicted molar refractivity (Wildman–Crippen MR) is 70.7 cm³/mol. The Balaban J connectivity index is 2.51. The van der Waals surface area contributed by atoms with E-state index in [1.807, 2.05) is 0 Å². The van der Waals surface area contributed by atoms with Gasteiger partial charge in [-0.05, 0) is 18.2 Å². The van der Waals surface area contributed by atoms with Crippen LogP contribution >= 0.6 is 0 Å². The monoisotopic (exact) mass is 315 g/mol. The minimum Gasteiger partial charge on any atom is -0.506 e. The van der Waals surface area contributed by atoms with Gasteiger partial charge in [-0.2, -0.15) is 13.2 Å². The van der Waals surface area contributed by atoms with E-state index >= 15 is 0 Å². The third kappa shape index (κ3) is 1.86. The van der Waals surface area contributed by atoms with Crippen molar-refractivity contribution in [1.82, 2.24) is 4.98 Å². The molecule has 0 amide bonds. The molecule has 2 aromatic carbocycles. The molecule has 1 heterocycles. The number of alkyl halides is 3. The van der Waals surface area contributed by atoms with Gasteiger partial charge in [-0.25, -0.2) is 8.42 Å². The summed E-state index contributed by atoms with van der Waals surface area (Å²) in [6.45, 7) is 0. The van der Waals surface area contributed by atoms with Crippen molar-refractivity contribution >= 4 is 31.6 Å². The summed E-state index contributed by atoms with van der Waals surface area (Å²) in [5, 5.41) is 10.5. The first-order valence-corrected chi connectivity index (χ1v) is 7.25. The molecule has 0 saturated carbocycles. The molecule has 4 nitrogen and oxygen atoms in total. The Morgan fingerprint density at radius 3 is 2.33 bits per heavy atom. The summed E-state index contributed by atoms with van der Waals surface area (Å²) in [6, 6.07) is 8.92. The van der Waals surface area contributed by atoms with Gasteiger partial charge in [-0.15, -0.1) is 0 Å². The molecule has 0 saturated heterocycles. The lowest BCUT2D eigenvalue weighted by Gasteiger charge is -2.10. The maximum absolute atomic E-state index is 12.8. The van der Waals surface area contributed by atoms with Crippen LogP contribution < -0.4 is 0 Å². The molecule has 8 heteroatoms. The molecule has 0 aliphatic heterocycles. The third-order valence-electron chi connectivity index (χ3n) is 3.19. The minimum absolute atomic E-state index is 0.256. The fourth-order valence-corrected chi connectivity index (χ4v) is 3.27. The van der Waals surface area contributed by atoms with Crippen molar-refractivity contribution < 1.29 is 26.7 Å². The lowest BCUT2D eigenvalue weighted by Crippen LogP contribution is -2.23. The largest absolute Gasteiger partial charge is 0.506 e. The summed E-state index contributed by atoms with van der Waals surface area (Å²) >= 11 is 0. The van der Waals surface area contributed by atoms with Gasteiger partial charge in [0.1, 0.15) is 10.6 Å². The number of sulfone groups is 1. The second-order valence-corrected chi connectivity index (χ2v) is 6.33. The fourth-order valence-electron chi connectivity index (χ4n) is 2.27. The Kier molecular flexibility index (Phi) is 2.71. The number of aromatic amines is 1. The molecule has 0 unspecified atom stereocenters. The van der Waals surface area contributed by atoms with Crippen LogP contribution in [0, 0.1) is 0 Å². The molecule has 0 radical (unpaired) electrons. The van der Waals surface area contributed by atoms with Crippen molar-refractivity contribution in [3.8, 4) is 5.75 Å². The molecule has 2 N–H and O–H groups in total. The number of phenols is 1. The lowest BCUT2D eigenvalue weighted by atomic mass is 10.1. The molecule has 3 rings (SSSR count). The number of hydrogen-bond acceptors (Lipinski definition) is 3. The number of phenolic OH excluding ortho intramolecular Hbond substituents is 1. The summed E-state index contributed by atoms with van der Waals surface area (Å²) in [5.41, 5.74) is -5.26. The Morgan fingerprint density at radius 2 is 1.67 bits per heavy atom. The second kappa shape index (κ2) is 4.14. The van der Waals surface area contributed by atoms with Crippen LogP contribution in [0.3, 0.4) is 0 Å². The standard InChI is InChI=1S/C13H8F3NO3S/c14-13(15,16)21(19,20)12-10(18)6-5-8-7-3-1-2-4-9(7)17-11(8)12/h1-6,17-18H. The smallest absolute Gasteiger partial charge is 0.502 e. The van der Waals surface area contributed by atoms with Crippen LogP contribution in [0.1, 0.15) is 0 Å². The van der Waals surface area contributed by atoms with E-state index in [2.05, 4.69) is 4.98 Å². The molecule has 0 fully saturated rings. The van der Waals surface area contributed by atoms with Crippen molar-refractivity contribution in [2.45, 2.75) is 10.4 Å². The van der Waals surface area contributed by atoms with Gasteiger partial charge in [-0.3, -0.25) is 0 Å². The SMILES string of the molecule is O=S(=O)(c1c(O)ccc2c1[nH]c1ccccc12)C(F)(F)F. The molecule has 21 heavy (non-hydrogen) atoms. The van der Waals surface area contributed by atoms with E-state index in [0.717, 1.165) is 6.07 Å². The van der Waals surface area contributed by atoms with Gasteiger partial charge >= 0.3 is 5.51 Å². The number of hydrogen-bond donors (Lipinski definition) is 2. The molecule has 3 aromatic rings. The first-order chi connectivity index (χ1) is 9.73. The van der Waals surface area contributed by atoms with E-state index in [0.29, 0.717) is 16.3 Å². The van der Waals surface area contributed by atoms with E-state index in [1.54, 1.807) is 24.3 Å². The molecule has 0 atom stereocenters. The number of fused-ring (bicyclic) bond motifs is 3. The maximum atomic E-state index is 12.8. The molecule has 0 aliphatic rings. The number of halogens is 3. The van der Waals surface area contributed by atoms with Gasteiger partial charge in [0.15, 0.2) is 0 Å². The Bertz CT molecular complexity index is 958. The zero-order valence-electron chi connectivity index (χ0n) is 10.3. The average molecular weight is 315 g/mol. The number of aromatic hydroxyl groups is 1. The quantitative estimate of drug-likeness (QED) is 0.723. The molecular formula is C13H8F3NO3S. The van der Waals surface area contributed by atoms with Crippen LogP contribution in [-0.4, -0.2) is 24.0 Å². The van der Waals surface area contributed by atoms with Gasteiger partial charge in [0.2, 0.25) is 0 Å². The van der Waals surface area contributed by atoms with Gasteiger partial charge in [0.25, 0.3) is 9.84 Å². The van der Waals surface area contributed by atoms with E-state index < -0.39 is 26.0 Å². The van der Waals surface area contributed by atoms with Gasteiger partial charge in [-0.1, -0.05) is 18.2 Å². The number of H-pyrrole nitrogens is 1. The first kappa shape index (κ1) is 13.7. The van der Waals surface area contributed by atoms with Crippen molar-refractivity contribution in [3.05, 3.63) is 36.4 Å². The number of rotatable bonds is 1. The molecule has 0 aliphatic carbocycles. The van der Waals surface area contributed by atoms with E-state index in [-0.39, 0.29) is 5.52 Å². The average Bonchev–Trinajstić information content (AvgIpc) is 2.74. The summed E-state index contributed by atoms with van der Waals surface area (Å²) in [6.07, 6.45) is 0. The van der Waals surface area contributed by atoms with Crippen LogP contribution in [0.4, 0.5) is 13.2 Å². The van der Waals surface area contributed by atoms with Crippen molar-refractivity contribution in [1.29, 1.82) is 0 Å². The molecule has 110 valence electrons. The summed E-state index contributed by atoms with van der Waals surface area (Å²) in [5.74, 6) is -0.939. The van der Waals surface area contributed by atoms with Crippen molar-refractivity contribution in [2.24, 2.45) is 0 Å². The lowest BCUT2D eigenvalue weighted by molar-refractivity contribution is -0.0436.